The predicted octanol–water partition coefficient (Wildman–Crippen LogP) is 4.31. The van der Waals surface area contributed by atoms with Crippen molar-refractivity contribution in [1.29, 1.82) is 0 Å². The summed E-state index contributed by atoms with van der Waals surface area (Å²) in [6, 6.07) is 10.4. The Balaban J connectivity index is 2.43. The normalized spacial score (nSPS) is 12.8. The summed E-state index contributed by atoms with van der Waals surface area (Å²) >= 11 is 5.67. The number of sulfonamides is 1. The molecule has 0 aliphatic rings. The highest BCUT2D eigenvalue weighted by Gasteiger charge is 2.35. The largest absolute Gasteiger partial charge is 0.417 e. The quantitative estimate of drug-likeness (QED) is 0.480. The third-order valence-electron chi connectivity index (χ3n) is 5.27. The van der Waals surface area contributed by atoms with E-state index in [9.17, 15) is 31.2 Å². The lowest BCUT2D eigenvalue weighted by molar-refractivity contribution is -0.139. The summed E-state index contributed by atoms with van der Waals surface area (Å²) in [7, 11) is -4.19. The minimum absolute atomic E-state index is 0.0119. The number of anilines is 1. The SMILES string of the molecule is CC(C)CNC(=O)[C@@H](C)N(Cc1ccccc1)C(=O)CN(c1ccc(Cl)c(C(F)(F)F)c1)S(C)(=O)=O. The molecule has 0 radical (unpaired) electrons. The van der Waals surface area contributed by atoms with Gasteiger partial charge in [-0.1, -0.05) is 55.8 Å². The number of amides is 2. The Morgan fingerprint density at radius 1 is 1.06 bits per heavy atom. The molecule has 0 bridgehead atoms. The highest BCUT2D eigenvalue weighted by Crippen LogP contribution is 2.37. The molecule has 1 N–H and O–H groups in total. The van der Waals surface area contributed by atoms with Gasteiger partial charge in [0.2, 0.25) is 21.8 Å². The van der Waals surface area contributed by atoms with E-state index in [2.05, 4.69) is 5.32 Å². The Kier molecular flexibility index (Phi) is 9.78. The van der Waals surface area contributed by atoms with E-state index in [-0.39, 0.29) is 18.2 Å². The molecular weight excluding hydrogens is 519 g/mol. The molecule has 0 saturated heterocycles. The summed E-state index contributed by atoms with van der Waals surface area (Å²) in [6.07, 6.45) is -4.05. The second-order valence-electron chi connectivity index (χ2n) is 8.75. The molecule has 7 nitrogen and oxygen atoms in total. The fraction of sp³-hybridized carbons (Fsp3) is 0.417. The van der Waals surface area contributed by atoms with Gasteiger partial charge in [0.1, 0.15) is 12.6 Å². The van der Waals surface area contributed by atoms with Crippen LogP contribution < -0.4 is 9.62 Å². The van der Waals surface area contributed by atoms with E-state index in [0.717, 1.165) is 18.4 Å². The average molecular weight is 548 g/mol. The molecule has 2 aromatic carbocycles. The second kappa shape index (κ2) is 12.0. The van der Waals surface area contributed by atoms with E-state index in [1.165, 1.54) is 11.8 Å². The molecule has 2 aromatic rings. The van der Waals surface area contributed by atoms with Crippen LogP contribution in [-0.2, 0) is 32.3 Å². The molecule has 2 rings (SSSR count). The van der Waals surface area contributed by atoms with Gasteiger partial charge in [0, 0.05) is 13.1 Å². The van der Waals surface area contributed by atoms with Gasteiger partial charge in [-0.05, 0) is 36.6 Å². The number of hydrogen-bond donors (Lipinski definition) is 1. The Hall–Kier alpha value is -2.79. The van der Waals surface area contributed by atoms with Crippen molar-refractivity contribution in [2.75, 3.05) is 23.7 Å². The first-order valence-electron chi connectivity index (χ1n) is 11.1. The summed E-state index contributed by atoms with van der Waals surface area (Å²) in [5.41, 5.74) is -0.921. The van der Waals surface area contributed by atoms with Gasteiger partial charge >= 0.3 is 6.18 Å². The molecule has 198 valence electrons. The van der Waals surface area contributed by atoms with E-state index in [0.29, 0.717) is 22.5 Å². The maximum absolute atomic E-state index is 13.4. The molecule has 0 fully saturated rings. The van der Waals surface area contributed by atoms with E-state index >= 15 is 0 Å². The zero-order valence-electron chi connectivity index (χ0n) is 20.3. The van der Waals surface area contributed by atoms with Crippen LogP contribution in [0.25, 0.3) is 0 Å². The van der Waals surface area contributed by atoms with Crippen molar-refractivity contribution < 1.29 is 31.2 Å². The van der Waals surface area contributed by atoms with Gasteiger partial charge in [0.25, 0.3) is 0 Å². The van der Waals surface area contributed by atoms with Crippen molar-refractivity contribution in [1.82, 2.24) is 10.2 Å². The second-order valence-corrected chi connectivity index (χ2v) is 11.1. The molecule has 0 saturated carbocycles. The molecule has 1 atom stereocenters. The van der Waals surface area contributed by atoms with Crippen LogP contribution >= 0.6 is 11.6 Å². The van der Waals surface area contributed by atoms with Crippen molar-refractivity contribution in [3.63, 3.8) is 0 Å². The fourth-order valence-electron chi connectivity index (χ4n) is 3.31. The smallest absolute Gasteiger partial charge is 0.354 e. The molecular formula is C24H29ClF3N3O4S. The lowest BCUT2D eigenvalue weighted by Crippen LogP contribution is -2.51. The van der Waals surface area contributed by atoms with Gasteiger partial charge in [-0.15, -0.1) is 0 Å². The van der Waals surface area contributed by atoms with Crippen LogP contribution in [0.15, 0.2) is 48.5 Å². The molecule has 36 heavy (non-hydrogen) atoms. The third kappa shape index (κ3) is 8.12. The first kappa shape index (κ1) is 29.4. The number of nitrogens with zero attached hydrogens (tertiary/aromatic N) is 2. The molecule has 0 spiro atoms. The highest BCUT2D eigenvalue weighted by atomic mass is 35.5. The number of alkyl halides is 3. The molecule has 0 heterocycles. The number of nitrogens with one attached hydrogen (secondary N) is 1. The minimum Gasteiger partial charge on any atom is -0.354 e. The predicted molar refractivity (Wildman–Crippen MR) is 133 cm³/mol. The van der Waals surface area contributed by atoms with Crippen LogP contribution in [0.4, 0.5) is 18.9 Å². The van der Waals surface area contributed by atoms with Crippen LogP contribution in [0.1, 0.15) is 31.9 Å². The van der Waals surface area contributed by atoms with Crippen molar-refractivity contribution in [2.24, 2.45) is 5.92 Å². The van der Waals surface area contributed by atoms with Gasteiger partial charge in [0.15, 0.2) is 0 Å². The highest BCUT2D eigenvalue weighted by molar-refractivity contribution is 7.92. The van der Waals surface area contributed by atoms with Crippen LogP contribution in [0.5, 0.6) is 0 Å². The number of carbonyl (C=O) groups excluding carboxylic acids is 2. The molecule has 12 heteroatoms. The van der Waals surface area contributed by atoms with Crippen molar-refractivity contribution in [3.05, 3.63) is 64.7 Å². The van der Waals surface area contributed by atoms with E-state index in [1.54, 1.807) is 30.3 Å². The van der Waals surface area contributed by atoms with Gasteiger partial charge < -0.3 is 10.2 Å². The fourth-order valence-corrected chi connectivity index (χ4v) is 4.38. The molecule has 0 aliphatic heterocycles. The summed E-state index contributed by atoms with van der Waals surface area (Å²) < 4.78 is 65.8. The zero-order valence-corrected chi connectivity index (χ0v) is 21.9. The molecule has 0 unspecified atom stereocenters. The van der Waals surface area contributed by atoms with Crippen molar-refractivity contribution >= 4 is 39.1 Å². The van der Waals surface area contributed by atoms with Gasteiger partial charge in [-0.2, -0.15) is 13.2 Å². The molecule has 0 aliphatic carbocycles. The Morgan fingerprint density at radius 2 is 1.67 bits per heavy atom. The molecule has 0 aromatic heterocycles. The van der Waals surface area contributed by atoms with Crippen LogP contribution in [0, 0.1) is 5.92 Å². The van der Waals surface area contributed by atoms with E-state index in [1.807, 2.05) is 13.8 Å². The lowest BCUT2D eigenvalue weighted by Gasteiger charge is -2.31. The van der Waals surface area contributed by atoms with Gasteiger partial charge in [-0.3, -0.25) is 13.9 Å². The Labute approximate surface area is 214 Å². The van der Waals surface area contributed by atoms with Crippen LogP contribution in [-0.4, -0.2) is 50.5 Å². The number of rotatable bonds is 10. The number of benzene rings is 2. The summed E-state index contributed by atoms with van der Waals surface area (Å²) in [6.45, 7) is 4.86. The topological polar surface area (TPSA) is 86.8 Å². The maximum atomic E-state index is 13.4. The van der Waals surface area contributed by atoms with Gasteiger partial charge in [-0.25, -0.2) is 8.42 Å². The van der Waals surface area contributed by atoms with Crippen molar-refractivity contribution in [2.45, 2.75) is 39.5 Å². The summed E-state index contributed by atoms with van der Waals surface area (Å²) in [5.74, 6) is -1.04. The third-order valence-corrected chi connectivity index (χ3v) is 6.74. The maximum Gasteiger partial charge on any atom is 0.417 e. The van der Waals surface area contributed by atoms with E-state index in [4.69, 9.17) is 11.6 Å². The molecule has 2 amide bonds. The Morgan fingerprint density at radius 3 is 2.19 bits per heavy atom. The monoisotopic (exact) mass is 547 g/mol. The number of carbonyl (C=O) groups is 2. The van der Waals surface area contributed by atoms with Crippen molar-refractivity contribution in [3.8, 4) is 0 Å². The van der Waals surface area contributed by atoms with E-state index < -0.39 is 51.2 Å². The summed E-state index contributed by atoms with van der Waals surface area (Å²) in [4.78, 5) is 27.4. The Bertz CT molecular complexity index is 1170. The zero-order chi connectivity index (χ0) is 27.3. The first-order valence-corrected chi connectivity index (χ1v) is 13.3. The van der Waals surface area contributed by atoms with Gasteiger partial charge in [0.05, 0.1) is 22.5 Å². The minimum atomic E-state index is -4.83. The van der Waals surface area contributed by atoms with Crippen LogP contribution in [0.2, 0.25) is 5.02 Å². The van der Waals surface area contributed by atoms with Crippen LogP contribution in [0.3, 0.4) is 0 Å². The lowest BCUT2D eigenvalue weighted by atomic mass is 10.1. The standard InChI is InChI=1S/C24H29ClF3N3O4S/c1-16(2)13-29-23(33)17(3)30(14-18-8-6-5-7-9-18)22(32)15-31(36(4,34)35)19-10-11-21(25)20(12-19)24(26,27)28/h5-12,16-17H,13-15H2,1-4H3,(H,29,33)/t17-/m1/s1. The average Bonchev–Trinajstić information content (AvgIpc) is 2.78. The summed E-state index contributed by atoms with van der Waals surface area (Å²) in [5, 5.41) is 2.14. The number of halogens is 4. The first-order chi connectivity index (χ1) is 16.6. The number of hydrogen-bond acceptors (Lipinski definition) is 4.